The number of pyridine rings is 1. The van der Waals surface area contributed by atoms with E-state index in [1.807, 2.05) is 24.3 Å². The van der Waals surface area contributed by atoms with Crippen molar-refractivity contribution >= 4 is 28.7 Å². The molecule has 29 heavy (non-hydrogen) atoms. The molecule has 2 aromatic heterocycles. The molecule has 1 aliphatic heterocycles. The molecule has 150 valence electrons. The fourth-order valence-electron chi connectivity index (χ4n) is 3.27. The summed E-state index contributed by atoms with van der Waals surface area (Å²) in [5.41, 5.74) is 6.82. The number of hydrogen-bond donors (Lipinski definition) is 2. The number of ether oxygens (including phenoxy) is 1. The first kappa shape index (κ1) is 19.0. The van der Waals surface area contributed by atoms with Crippen molar-refractivity contribution in [3.63, 3.8) is 0 Å². The van der Waals surface area contributed by atoms with E-state index in [4.69, 9.17) is 9.57 Å². The highest BCUT2D eigenvalue weighted by molar-refractivity contribution is 5.92. The lowest BCUT2D eigenvalue weighted by molar-refractivity contribution is -0.146. The van der Waals surface area contributed by atoms with Gasteiger partial charge in [0.25, 0.3) is 0 Å². The number of carbonyl (C=O) groups excluding carboxylic acids is 1. The number of H-pyrrole nitrogens is 1. The predicted molar refractivity (Wildman–Crippen MR) is 112 cm³/mol. The van der Waals surface area contributed by atoms with Crippen molar-refractivity contribution in [1.82, 2.24) is 14.9 Å². The minimum Gasteiger partial charge on any atom is -0.457 e. The highest BCUT2D eigenvalue weighted by Crippen LogP contribution is 2.32. The van der Waals surface area contributed by atoms with Crippen LogP contribution in [0, 0.1) is 6.92 Å². The Morgan fingerprint density at radius 1 is 1.31 bits per heavy atom. The molecule has 2 N–H and O–H groups in total. The fraction of sp³-hybridized carbons (Fsp3) is 0.273. The second kappa shape index (κ2) is 7.25. The molecule has 4 rings (SSSR count). The zero-order chi connectivity index (χ0) is 20.6. The van der Waals surface area contributed by atoms with Gasteiger partial charge < -0.3 is 14.6 Å². The first-order chi connectivity index (χ1) is 13.8. The Labute approximate surface area is 169 Å². The molecule has 0 aliphatic carbocycles. The third-order valence-electron chi connectivity index (χ3n) is 4.88. The van der Waals surface area contributed by atoms with Gasteiger partial charge in [-0.2, -0.15) is 0 Å². The summed E-state index contributed by atoms with van der Waals surface area (Å²) in [4.78, 5) is 27.3. The number of aromatic nitrogens is 2. The first-order valence-electron chi connectivity index (χ1n) is 9.45. The molecule has 1 aliphatic rings. The molecule has 7 nitrogen and oxygen atoms in total. The van der Waals surface area contributed by atoms with Crippen LogP contribution in [-0.4, -0.2) is 33.6 Å². The second-order valence-corrected chi connectivity index (χ2v) is 7.62. The number of rotatable bonds is 4. The molecule has 0 spiro atoms. The number of nitrogens with zero attached hydrogens (tertiary/aromatic N) is 2. The van der Waals surface area contributed by atoms with Crippen molar-refractivity contribution < 1.29 is 14.4 Å². The molecule has 0 atom stereocenters. The van der Waals surface area contributed by atoms with Crippen LogP contribution < -0.4 is 10.2 Å². The van der Waals surface area contributed by atoms with Gasteiger partial charge in [0.2, 0.25) is 11.7 Å². The lowest BCUT2D eigenvalue weighted by Gasteiger charge is -2.31. The van der Waals surface area contributed by atoms with E-state index < -0.39 is 5.79 Å². The summed E-state index contributed by atoms with van der Waals surface area (Å²) >= 11 is 0. The molecule has 0 saturated heterocycles. The molecule has 0 saturated carbocycles. The monoisotopic (exact) mass is 392 g/mol. The first-order valence-corrected chi connectivity index (χ1v) is 9.45. The maximum atomic E-state index is 12.6. The number of likely N-dealkylation sites (N-methyl/N-ethyl adjacent to an activating group) is 1. The van der Waals surface area contributed by atoms with Gasteiger partial charge in [0, 0.05) is 49.8 Å². The summed E-state index contributed by atoms with van der Waals surface area (Å²) in [6.45, 7) is 6.18. The Bertz CT molecular complexity index is 1100. The molecule has 1 aromatic carbocycles. The smallest absolute Gasteiger partial charge is 0.246 e. The molecule has 0 fully saturated rings. The number of para-hydroxylation sites is 1. The molecule has 3 aromatic rings. The highest BCUT2D eigenvalue weighted by Gasteiger charge is 2.28. The largest absolute Gasteiger partial charge is 0.457 e. The van der Waals surface area contributed by atoms with Crippen molar-refractivity contribution in [3.05, 3.63) is 59.4 Å². The summed E-state index contributed by atoms with van der Waals surface area (Å²) in [6, 6.07) is 9.96. The van der Waals surface area contributed by atoms with Crippen LogP contribution in [-0.2, 0) is 16.2 Å². The number of aromatic amines is 1. The average Bonchev–Trinajstić information content (AvgIpc) is 3.00. The lowest BCUT2D eigenvalue weighted by Crippen LogP contribution is -2.38. The van der Waals surface area contributed by atoms with E-state index in [1.165, 1.54) is 5.39 Å². The van der Waals surface area contributed by atoms with E-state index in [9.17, 15) is 4.79 Å². The molecular weight excluding hydrogens is 368 g/mol. The summed E-state index contributed by atoms with van der Waals surface area (Å²) in [6.07, 6.45) is 4.93. The molecule has 0 unspecified atom stereocenters. The standard InChI is InChI=1S/C22H24N4O3/c1-14-16-7-5-6-8-17(16)24-18(14)13-26(4)20(27)10-9-15-11-19-21(23-12-15)25-29-22(2,3)28-19/h5-12,24H,13H2,1-4H3,(H,23,25)/b10-9+. The van der Waals surface area contributed by atoms with E-state index in [0.717, 1.165) is 22.3 Å². The van der Waals surface area contributed by atoms with Crippen molar-refractivity contribution in [2.75, 3.05) is 12.5 Å². The minimum atomic E-state index is -0.787. The Morgan fingerprint density at radius 3 is 2.90 bits per heavy atom. The van der Waals surface area contributed by atoms with E-state index in [-0.39, 0.29) is 5.91 Å². The van der Waals surface area contributed by atoms with E-state index in [0.29, 0.717) is 18.1 Å². The van der Waals surface area contributed by atoms with Crippen molar-refractivity contribution in [3.8, 4) is 5.75 Å². The van der Waals surface area contributed by atoms with Crippen LogP contribution >= 0.6 is 0 Å². The predicted octanol–water partition coefficient (Wildman–Crippen LogP) is 4.02. The molecule has 7 heteroatoms. The van der Waals surface area contributed by atoms with Gasteiger partial charge in [-0.1, -0.05) is 18.2 Å². The highest BCUT2D eigenvalue weighted by atomic mass is 16.8. The molecule has 3 heterocycles. The van der Waals surface area contributed by atoms with Gasteiger partial charge in [-0.15, -0.1) is 0 Å². The Balaban J connectivity index is 1.46. The van der Waals surface area contributed by atoms with Gasteiger partial charge in [0.05, 0.1) is 6.54 Å². The minimum absolute atomic E-state index is 0.0940. The Morgan fingerprint density at radius 2 is 2.10 bits per heavy atom. The van der Waals surface area contributed by atoms with Crippen LogP contribution in [0.1, 0.15) is 30.7 Å². The van der Waals surface area contributed by atoms with E-state index in [2.05, 4.69) is 28.4 Å². The quantitative estimate of drug-likeness (QED) is 0.656. The van der Waals surface area contributed by atoms with E-state index >= 15 is 0 Å². The van der Waals surface area contributed by atoms with Crippen LogP contribution in [0.4, 0.5) is 5.82 Å². The number of anilines is 1. The molecule has 0 bridgehead atoms. The van der Waals surface area contributed by atoms with Crippen molar-refractivity contribution in [1.29, 1.82) is 0 Å². The number of aryl methyl sites for hydroxylation is 1. The van der Waals surface area contributed by atoms with E-state index in [1.54, 1.807) is 44.1 Å². The Hall–Kier alpha value is -3.32. The van der Waals surface area contributed by atoms with Gasteiger partial charge in [0.15, 0.2) is 11.6 Å². The van der Waals surface area contributed by atoms with Gasteiger partial charge in [-0.05, 0) is 36.3 Å². The number of benzene rings is 1. The van der Waals surface area contributed by atoms with Gasteiger partial charge in [0.1, 0.15) is 0 Å². The van der Waals surface area contributed by atoms with Gasteiger partial charge >= 0.3 is 0 Å². The Kier molecular flexibility index (Phi) is 4.76. The zero-order valence-electron chi connectivity index (χ0n) is 16.9. The molecular formula is C22H24N4O3. The van der Waals surface area contributed by atoms with Crippen LogP contribution in [0.3, 0.4) is 0 Å². The average molecular weight is 392 g/mol. The van der Waals surface area contributed by atoms with Crippen LogP contribution in [0.5, 0.6) is 5.75 Å². The van der Waals surface area contributed by atoms with Gasteiger partial charge in [-0.25, -0.2) is 15.3 Å². The zero-order valence-corrected chi connectivity index (χ0v) is 16.9. The van der Waals surface area contributed by atoms with Crippen LogP contribution in [0.2, 0.25) is 0 Å². The number of carbonyl (C=O) groups is 1. The third-order valence-corrected chi connectivity index (χ3v) is 4.88. The second-order valence-electron chi connectivity index (χ2n) is 7.62. The number of hydrogen-bond acceptors (Lipinski definition) is 5. The third kappa shape index (κ3) is 3.95. The van der Waals surface area contributed by atoms with Crippen molar-refractivity contribution in [2.45, 2.75) is 33.1 Å². The number of fused-ring (bicyclic) bond motifs is 2. The molecule has 1 amide bonds. The van der Waals surface area contributed by atoms with Gasteiger partial charge in [-0.3, -0.25) is 4.79 Å². The maximum Gasteiger partial charge on any atom is 0.246 e. The lowest BCUT2D eigenvalue weighted by atomic mass is 10.1. The summed E-state index contributed by atoms with van der Waals surface area (Å²) in [5.74, 6) is 0.213. The van der Waals surface area contributed by atoms with Crippen molar-refractivity contribution in [2.24, 2.45) is 0 Å². The van der Waals surface area contributed by atoms with Crippen LogP contribution in [0.25, 0.3) is 17.0 Å². The topological polar surface area (TPSA) is 79.5 Å². The fourth-order valence-corrected chi connectivity index (χ4v) is 3.27. The summed E-state index contributed by atoms with van der Waals surface area (Å²) in [5, 5.41) is 1.18. The summed E-state index contributed by atoms with van der Waals surface area (Å²) in [7, 11) is 1.79. The SMILES string of the molecule is Cc1c(CN(C)C(=O)/C=C/c2cnc3c(c2)OC(C)(C)ON3)[nH]c2ccccc12. The molecule has 0 radical (unpaired) electrons. The maximum absolute atomic E-state index is 12.6. The van der Waals surface area contributed by atoms with Crippen LogP contribution in [0.15, 0.2) is 42.6 Å². The summed E-state index contributed by atoms with van der Waals surface area (Å²) < 4.78 is 5.75. The normalized spacial score (nSPS) is 15.0. The number of amides is 1. The number of nitrogens with one attached hydrogen (secondary N) is 2.